The van der Waals surface area contributed by atoms with Gasteiger partial charge in [0.1, 0.15) is 9.47 Å². The molecule has 1 amide bonds. The molecule has 0 unspecified atom stereocenters. The van der Waals surface area contributed by atoms with E-state index in [4.69, 9.17) is 4.74 Å². The quantitative estimate of drug-likeness (QED) is 0.513. The molecule has 0 spiro atoms. The van der Waals surface area contributed by atoms with Crippen LogP contribution in [0, 0.1) is 0 Å². The van der Waals surface area contributed by atoms with Crippen molar-refractivity contribution in [1.82, 2.24) is 5.43 Å². The van der Waals surface area contributed by atoms with Crippen LogP contribution in [0.3, 0.4) is 0 Å². The van der Waals surface area contributed by atoms with E-state index in [1.165, 1.54) is 0 Å². The molecule has 2 rings (SSSR count). The van der Waals surface area contributed by atoms with Crippen molar-refractivity contribution in [3.63, 3.8) is 0 Å². The summed E-state index contributed by atoms with van der Waals surface area (Å²) in [4.78, 5) is 11.5. The smallest absolute Gasteiger partial charge is 0.409 e. The Morgan fingerprint density at radius 1 is 1.00 bits per heavy atom. The predicted octanol–water partition coefficient (Wildman–Crippen LogP) is 3.57. The van der Waals surface area contributed by atoms with E-state index in [2.05, 4.69) is 33.1 Å². The van der Waals surface area contributed by atoms with Crippen LogP contribution < -0.4 is 10.2 Å². The maximum absolute atomic E-state index is 11.5. The fourth-order valence-corrected chi connectivity index (χ4v) is 1.83. The molecule has 0 aliphatic heterocycles. The topological polar surface area (TPSA) is 50.7 Å². The van der Waals surface area contributed by atoms with Gasteiger partial charge in [-0.2, -0.15) is 5.10 Å². The van der Waals surface area contributed by atoms with Gasteiger partial charge in [-0.25, -0.2) is 10.2 Å². The lowest BCUT2D eigenvalue weighted by molar-refractivity contribution is 0.201. The van der Waals surface area contributed by atoms with Gasteiger partial charge in [-0.3, -0.25) is 0 Å². The molecule has 0 heterocycles. The molecule has 0 aliphatic carbocycles. The second kappa shape index (κ2) is 6.89. The lowest BCUT2D eigenvalue weighted by Crippen LogP contribution is -2.22. The van der Waals surface area contributed by atoms with Gasteiger partial charge in [-0.15, -0.1) is 0 Å². The van der Waals surface area contributed by atoms with Gasteiger partial charge in [0.05, 0.1) is 0 Å². The summed E-state index contributed by atoms with van der Waals surface area (Å²) in [6.07, 6.45) is -0.615. The molecule has 0 saturated carbocycles. The number of amides is 1. The van der Waals surface area contributed by atoms with Crippen LogP contribution >= 0.6 is 22.6 Å². The fourth-order valence-electron chi connectivity index (χ4n) is 1.35. The van der Waals surface area contributed by atoms with E-state index in [0.717, 1.165) is 5.56 Å². The van der Waals surface area contributed by atoms with Gasteiger partial charge in [-0.1, -0.05) is 48.5 Å². The molecule has 0 fully saturated rings. The number of nitrogens with one attached hydrogen (secondary N) is 1. The standard InChI is InChI=1S/C14H11IN2O2/c15-13(11-7-3-1-4-8-11)16-17-14(18)19-12-9-5-2-6-10-12/h1-10H,(H,17,18)/b16-13+. The Kier molecular flexibility index (Phi) is 4.91. The van der Waals surface area contributed by atoms with E-state index in [9.17, 15) is 4.79 Å². The zero-order chi connectivity index (χ0) is 13.5. The number of hydrazone groups is 1. The minimum atomic E-state index is -0.615. The largest absolute Gasteiger partial charge is 0.433 e. The van der Waals surface area contributed by atoms with Crippen LogP contribution in [-0.4, -0.2) is 9.81 Å². The maximum atomic E-state index is 11.5. The Bertz CT molecular complexity index is 571. The minimum absolute atomic E-state index is 0.477. The second-order valence-electron chi connectivity index (χ2n) is 3.58. The summed E-state index contributed by atoms with van der Waals surface area (Å²) in [5, 5.41) is 3.97. The van der Waals surface area contributed by atoms with Gasteiger partial charge >= 0.3 is 6.09 Å². The van der Waals surface area contributed by atoms with Crippen LogP contribution in [0.25, 0.3) is 0 Å². The van der Waals surface area contributed by atoms with Crippen LogP contribution in [0.15, 0.2) is 65.8 Å². The molecule has 0 aliphatic rings. The Balaban J connectivity index is 1.93. The normalized spacial score (nSPS) is 10.9. The predicted molar refractivity (Wildman–Crippen MR) is 82.6 cm³/mol. The Morgan fingerprint density at radius 2 is 1.58 bits per heavy atom. The van der Waals surface area contributed by atoms with Crippen LogP contribution in [0.2, 0.25) is 0 Å². The first-order valence-corrected chi connectivity index (χ1v) is 6.65. The van der Waals surface area contributed by atoms with Crippen molar-refractivity contribution < 1.29 is 9.53 Å². The van der Waals surface area contributed by atoms with Crippen molar-refractivity contribution in [1.29, 1.82) is 0 Å². The van der Waals surface area contributed by atoms with E-state index in [-0.39, 0.29) is 0 Å². The van der Waals surface area contributed by atoms with Crippen molar-refractivity contribution in [2.75, 3.05) is 0 Å². The van der Waals surface area contributed by atoms with Gasteiger partial charge < -0.3 is 4.74 Å². The first-order valence-electron chi connectivity index (χ1n) is 5.57. The molecular weight excluding hydrogens is 355 g/mol. The van der Waals surface area contributed by atoms with Crippen LogP contribution in [-0.2, 0) is 0 Å². The van der Waals surface area contributed by atoms with E-state index >= 15 is 0 Å². The zero-order valence-corrected chi connectivity index (χ0v) is 12.1. The number of benzene rings is 2. The van der Waals surface area contributed by atoms with Crippen molar-refractivity contribution >= 4 is 32.4 Å². The maximum Gasteiger partial charge on any atom is 0.433 e. The number of ether oxygens (including phenoxy) is 1. The zero-order valence-electron chi connectivity index (χ0n) is 9.92. The molecule has 0 saturated heterocycles. The van der Waals surface area contributed by atoms with Gasteiger partial charge in [0.25, 0.3) is 0 Å². The molecule has 5 heteroatoms. The summed E-state index contributed by atoms with van der Waals surface area (Å²) in [5.41, 5.74) is 3.28. The molecule has 0 radical (unpaired) electrons. The van der Waals surface area contributed by atoms with Gasteiger partial charge in [0, 0.05) is 5.56 Å². The molecular formula is C14H11IN2O2. The fraction of sp³-hybridized carbons (Fsp3) is 0. The average molecular weight is 366 g/mol. The first kappa shape index (κ1) is 13.5. The lowest BCUT2D eigenvalue weighted by atomic mass is 10.2. The SMILES string of the molecule is O=C(N/N=C(/I)c1ccccc1)Oc1ccccc1. The van der Waals surface area contributed by atoms with E-state index in [1.807, 2.05) is 36.4 Å². The van der Waals surface area contributed by atoms with E-state index in [1.54, 1.807) is 24.3 Å². The second-order valence-corrected chi connectivity index (χ2v) is 4.60. The molecule has 2 aromatic carbocycles. The molecule has 19 heavy (non-hydrogen) atoms. The number of para-hydroxylation sites is 1. The highest BCUT2D eigenvalue weighted by molar-refractivity contribution is 14.1. The van der Waals surface area contributed by atoms with Crippen molar-refractivity contribution in [3.05, 3.63) is 66.2 Å². The number of carbonyl (C=O) groups excluding carboxylic acids is 1. The molecule has 1 N–H and O–H groups in total. The molecule has 4 nitrogen and oxygen atoms in total. The highest BCUT2D eigenvalue weighted by Gasteiger charge is 2.03. The summed E-state index contributed by atoms with van der Waals surface area (Å²) < 4.78 is 5.72. The highest BCUT2D eigenvalue weighted by atomic mass is 127. The summed E-state index contributed by atoms with van der Waals surface area (Å²) in [5.74, 6) is 0.477. The van der Waals surface area contributed by atoms with E-state index < -0.39 is 6.09 Å². The summed E-state index contributed by atoms with van der Waals surface area (Å²) >= 11 is 2.05. The van der Waals surface area contributed by atoms with Gasteiger partial charge in [-0.05, 0) is 34.7 Å². The lowest BCUT2D eigenvalue weighted by Gasteiger charge is -2.03. The van der Waals surface area contributed by atoms with Crippen molar-refractivity contribution in [2.24, 2.45) is 5.10 Å². The average Bonchev–Trinajstić information content (AvgIpc) is 2.47. The van der Waals surface area contributed by atoms with Crippen molar-refractivity contribution in [2.45, 2.75) is 0 Å². The monoisotopic (exact) mass is 366 g/mol. The first-order chi connectivity index (χ1) is 9.25. The van der Waals surface area contributed by atoms with Crippen LogP contribution in [0.1, 0.15) is 5.56 Å². The Labute approximate surface area is 124 Å². The van der Waals surface area contributed by atoms with Crippen molar-refractivity contribution in [3.8, 4) is 5.75 Å². The third-order valence-corrected chi connectivity index (χ3v) is 3.08. The summed E-state index contributed by atoms with van der Waals surface area (Å²) in [6, 6.07) is 18.4. The number of carbonyl (C=O) groups is 1. The molecule has 0 bridgehead atoms. The number of nitrogens with zero attached hydrogens (tertiary/aromatic N) is 1. The number of rotatable bonds is 3. The highest BCUT2D eigenvalue weighted by Crippen LogP contribution is 2.09. The Morgan fingerprint density at radius 3 is 2.21 bits per heavy atom. The summed E-state index contributed by atoms with van der Waals surface area (Å²) in [7, 11) is 0. The third kappa shape index (κ3) is 4.36. The number of hydrogen-bond acceptors (Lipinski definition) is 3. The molecule has 0 atom stereocenters. The van der Waals surface area contributed by atoms with E-state index in [0.29, 0.717) is 9.47 Å². The molecule has 2 aromatic rings. The third-order valence-electron chi connectivity index (χ3n) is 2.21. The number of hydrogen-bond donors (Lipinski definition) is 1. The molecule has 96 valence electrons. The van der Waals surface area contributed by atoms with Gasteiger partial charge in [0.15, 0.2) is 0 Å². The van der Waals surface area contributed by atoms with Crippen LogP contribution in [0.4, 0.5) is 4.79 Å². The number of halogens is 1. The summed E-state index contributed by atoms with van der Waals surface area (Å²) in [6.45, 7) is 0. The van der Waals surface area contributed by atoms with Gasteiger partial charge in [0.2, 0.25) is 0 Å². The minimum Gasteiger partial charge on any atom is -0.409 e. The van der Waals surface area contributed by atoms with Crippen LogP contribution in [0.5, 0.6) is 5.75 Å². The Hall–Kier alpha value is -1.89. The molecule has 0 aromatic heterocycles.